The fourth-order valence-electron chi connectivity index (χ4n) is 4.33. The summed E-state index contributed by atoms with van der Waals surface area (Å²) in [6.07, 6.45) is 4.71. The van der Waals surface area contributed by atoms with Gasteiger partial charge >= 0.3 is 0 Å². The van der Waals surface area contributed by atoms with Crippen molar-refractivity contribution in [3.63, 3.8) is 0 Å². The van der Waals surface area contributed by atoms with Crippen LogP contribution in [0, 0.1) is 12.8 Å². The molecule has 0 aliphatic heterocycles. The van der Waals surface area contributed by atoms with Crippen molar-refractivity contribution in [2.75, 3.05) is 11.9 Å². The van der Waals surface area contributed by atoms with Gasteiger partial charge in [0.2, 0.25) is 0 Å². The Labute approximate surface area is 157 Å². The van der Waals surface area contributed by atoms with Crippen LogP contribution in [0.4, 0.5) is 5.13 Å². The molecule has 134 valence electrons. The van der Waals surface area contributed by atoms with Gasteiger partial charge in [-0.2, -0.15) is 0 Å². The summed E-state index contributed by atoms with van der Waals surface area (Å²) in [7, 11) is 0. The number of thiocarbonyl (C=S) groups is 1. The van der Waals surface area contributed by atoms with Gasteiger partial charge in [-0.25, -0.2) is 4.98 Å². The second-order valence-corrected chi connectivity index (χ2v) is 9.15. The highest BCUT2D eigenvalue weighted by Crippen LogP contribution is 2.48. The number of nitrogens with two attached hydrogens (primary N) is 1. The fraction of sp³-hybridized carbons (Fsp3) is 0.556. The van der Waals surface area contributed by atoms with E-state index in [1.54, 1.807) is 11.3 Å². The van der Waals surface area contributed by atoms with E-state index in [-0.39, 0.29) is 5.54 Å². The predicted molar refractivity (Wildman–Crippen MR) is 107 cm³/mol. The van der Waals surface area contributed by atoms with Crippen molar-refractivity contribution in [3.05, 3.63) is 23.8 Å². The van der Waals surface area contributed by atoms with Crippen molar-refractivity contribution in [3.8, 4) is 0 Å². The van der Waals surface area contributed by atoms with Gasteiger partial charge in [-0.3, -0.25) is 0 Å². The predicted octanol–water partition coefficient (Wildman–Crippen LogP) is 2.91. The van der Waals surface area contributed by atoms with Gasteiger partial charge < -0.3 is 21.5 Å². The summed E-state index contributed by atoms with van der Waals surface area (Å²) in [5, 5.41) is 18.6. The summed E-state index contributed by atoms with van der Waals surface area (Å²) in [5.41, 5.74) is 7.63. The summed E-state index contributed by atoms with van der Waals surface area (Å²) in [6.45, 7) is 2.51. The zero-order valence-corrected chi connectivity index (χ0v) is 16.0. The molecule has 1 unspecified atom stereocenters. The first-order valence-corrected chi connectivity index (χ1v) is 10.0. The van der Waals surface area contributed by atoms with Crippen LogP contribution in [0.5, 0.6) is 0 Å². The highest BCUT2D eigenvalue weighted by Gasteiger charge is 2.51. The fourth-order valence-corrected chi connectivity index (χ4v) is 5.53. The minimum Gasteiger partial charge on any atom is -0.388 e. The molecule has 0 radical (unpaired) electrons. The third-order valence-corrected chi connectivity index (χ3v) is 6.90. The van der Waals surface area contributed by atoms with Crippen molar-refractivity contribution in [2.24, 2.45) is 11.7 Å². The Balaban J connectivity index is 1.39. The molecule has 7 heteroatoms. The van der Waals surface area contributed by atoms with Crippen molar-refractivity contribution < 1.29 is 5.11 Å². The molecule has 1 heterocycles. The van der Waals surface area contributed by atoms with Crippen LogP contribution < -0.4 is 16.4 Å². The number of aliphatic hydroxyl groups is 1. The van der Waals surface area contributed by atoms with E-state index >= 15 is 0 Å². The van der Waals surface area contributed by atoms with Crippen LogP contribution in [0.2, 0.25) is 0 Å². The average molecular weight is 377 g/mol. The van der Waals surface area contributed by atoms with Gasteiger partial charge in [0.15, 0.2) is 10.2 Å². The Bertz CT molecular complexity index is 813. The first-order valence-electron chi connectivity index (χ1n) is 8.79. The second kappa shape index (κ2) is 6.16. The molecule has 0 spiro atoms. The maximum Gasteiger partial charge on any atom is 0.190 e. The molecular weight excluding hydrogens is 352 g/mol. The number of anilines is 1. The number of nitrogens with zero attached hydrogens (tertiary/aromatic N) is 1. The van der Waals surface area contributed by atoms with Gasteiger partial charge in [0.25, 0.3) is 0 Å². The Morgan fingerprint density at radius 1 is 1.44 bits per heavy atom. The van der Waals surface area contributed by atoms with Crippen LogP contribution in [-0.2, 0) is 0 Å². The normalized spacial score (nSPS) is 31.2. The zero-order chi connectivity index (χ0) is 17.7. The molecule has 3 aliphatic carbocycles. The summed E-state index contributed by atoms with van der Waals surface area (Å²) in [4.78, 5) is 4.55. The second-order valence-electron chi connectivity index (χ2n) is 7.71. The number of hydrogen-bond acceptors (Lipinski definition) is 5. The largest absolute Gasteiger partial charge is 0.388 e. The van der Waals surface area contributed by atoms with Crippen LogP contribution in [-0.4, -0.2) is 32.9 Å². The monoisotopic (exact) mass is 376 g/mol. The molecule has 2 aromatic rings. The van der Waals surface area contributed by atoms with Crippen molar-refractivity contribution in [1.29, 1.82) is 0 Å². The lowest BCUT2D eigenvalue weighted by Crippen LogP contribution is -2.63. The maximum absolute atomic E-state index is 11.0. The van der Waals surface area contributed by atoms with E-state index in [0.29, 0.717) is 24.0 Å². The zero-order valence-electron chi connectivity index (χ0n) is 14.3. The Kier molecular flexibility index (Phi) is 4.22. The average Bonchev–Trinajstić information content (AvgIpc) is 2.94. The van der Waals surface area contributed by atoms with Crippen molar-refractivity contribution in [2.45, 2.75) is 50.2 Å². The van der Waals surface area contributed by atoms with Crippen LogP contribution in [0.1, 0.15) is 37.7 Å². The molecule has 25 heavy (non-hydrogen) atoms. The molecule has 3 aliphatic rings. The van der Waals surface area contributed by atoms with Gasteiger partial charge in [-0.05, 0) is 74.9 Å². The molecule has 3 saturated carbocycles. The Morgan fingerprint density at radius 2 is 2.20 bits per heavy atom. The third kappa shape index (κ3) is 3.38. The van der Waals surface area contributed by atoms with Gasteiger partial charge in [0, 0.05) is 12.1 Å². The number of thiazole rings is 1. The lowest BCUT2D eigenvalue weighted by Gasteiger charge is -2.53. The molecule has 1 atom stereocenters. The number of aromatic nitrogens is 1. The minimum atomic E-state index is -0.762. The van der Waals surface area contributed by atoms with Crippen molar-refractivity contribution >= 4 is 44.0 Å². The van der Waals surface area contributed by atoms with Crippen LogP contribution in [0.3, 0.4) is 0 Å². The molecule has 0 saturated heterocycles. The molecule has 5 nitrogen and oxygen atoms in total. The number of nitrogens with one attached hydrogen (secondary N) is 2. The third-order valence-electron chi connectivity index (χ3n) is 5.72. The van der Waals surface area contributed by atoms with E-state index in [4.69, 9.17) is 18.0 Å². The summed E-state index contributed by atoms with van der Waals surface area (Å²) in [6, 6.07) is 6.19. The van der Waals surface area contributed by atoms with Crippen LogP contribution in [0.15, 0.2) is 18.2 Å². The Hall–Kier alpha value is -1.28. The summed E-state index contributed by atoms with van der Waals surface area (Å²) < 4.78 is 1.14. The van der Waals surface area contributed by atoms with E-state index in [2.05, 4.69) is 34.7 Å². The number of rotatable bonds is 3. The quantitative estimate of drug-likeness (QED) is 0.617. The lowest BCUT2D eigenvalue weighted by atomic mass is 9.58. The molecule has 3 fully saturated rings. The SMILES string of the molecule is Cc1ccc2nc(NC(=S)NCC3(O)CC4(N)CCC3CC4)sc2c1. The molecule has 5 rings (SSSR count). The van der Waals surface area contributed by atoms with E-state index in [0.717, 1.165) is 41.0 Å². The molecule has 5 N–H and O–H groups in total. The smallest absolute Gasteiger partial charge is 0.190 e. The van der Waals surface area contributed by atoms with Crippen molar-refractivity contribution in [1.82, 2.24) is 10.3 Å². The molecular formula is C18H24N4OS2. The van der Waals surface area contributed by atoms with E-state index in [9.17, 15) is 5.11 Å². The lowest BCUT2D eigenvalue weighted by molar-refractivity contribution is -0.101. The molecule has 0 amide bonds. The number of fused-ring (bicyclic) bond motifs is 4. The molecule has 1 aromatic heterocycles. The minimum absolute atomic E-state index is 0.203. The Morgan fingerprint density at radius 3 is 2.92 bits per heavy atom. The van der Waals surface area contributed by atoms with E-state index in [1.807, 2.05) is 6.07 Å². The molecule has 2 bridgehead atoms. The highest BCUT2D eigenvalue weighted by atomic mass is 32.1. The summed E-state index contributed by atoms with van der Waals surface area (Å²) >= 11 is 6.98. The van der Waals surface area contributed by atoms with E-state index < -0.39 is 5.60 Å². The van der Waals surface area contributed by atoms with Gasteiger partial charge in [0.05, 0.1) is 15.8 Å². The van der Waals surface area contributed by atoms with Gasteiger partial charge in [0.1, 0.15) is 0 Å². The summed E-state index contributed by atoms with van der Waals surface area (Å²) in [5.74, 6) is 0.318. The first kappa shape index (κ1) is 17.1. The standard InChI is InChI=1S/C18H24N4OS2/c1-11-2-3-13-14(8-11)25-16(21-13)22-15(24)20-10-18(23)9-17(19)6-4-12(18)5-7-17/h2-3,8,12,23H,4-7,9-10,19H2,1H3,(H2,20,21,22,24). The number of hydrogen-bond donors (Lipinski definition) is 4. The van der Waals surface area contributed by atoms with Gasteiger partial charge in [-0.15, -0.1) is 0 Å². The highest BCUT2D eigenvalue weighted by molar-refractivity contribution is 7.80. The van der Waals surface area contributed by atoms with Crippen LogP contribution in [0.25, 0.3) is 10.2 Å². The van der Waals surface area contributed by atoms with Crippen LogP contribution >= 0.6 is 23.6 Å². The number of aryl methyl sites for hydroxylation is 1. The maximum atomic E-state index is 11.0. The topological polar surface area (TPSA) is 83.2 Å². The van der Waals surface area contributed by atoms with E-state index in [1.165, 1.54) is 5.56 Å². The number of benzene rings is 1. The van der Waals surface area contributed by atoms with Gasteiger partial charge in [-0.1, -0.05) is 17.4 Å². The molecule has 1 aromatic carbocycles. The first-order chi connectivity index (χ1) is 11.9.